The summed E-state index contributed by atoms with van der Waals surface area (Å²) in [7, 11) is 0. The average molecular weight is 427 g/mol. The van der Waals surface area contributed by atoms with Crippen molar-refractivity contribution in [3.05, 3.63) is 65.7 Å². The molecule has 0 saturated heterocycles. The van der Waals surface area contributed by atoms with Crippen molar-refractivity contribution in [1.29, 1.82) is 0 Å². The molecule has 1 unspecified atom stereocenters. The summed E-state index contributed by atoms with van der Waals surface area (Å²) < 4.78 is 11.2. The number of nitrogens with one attached hydrogen (secondary N) is 2. The van der Waals surface area contributed by atoms with E-state index < -0.39 is 5.91 Å². The lowest BCUT2D eigenvalue weighted by molar-refractivity contribution is -0.119. The van der Waals surface area contributed by atoms with Crippen molar-refractivity contribution in [3.8, 4) is 5.75 Å². The molecule has 0 fully saturated rings. The molecule has 0 heterocycles. The molecule has 0 aliphatic rings. The fourth-order valence-corrected chi connectivity index (χ4v) is 2.91. The number of amides is 1. The van der Waals surface area contributed by atoms with Gasteiger partial charge >= 0.3 is 0 Å². The van der Waals surface area contributed by atoms with Crippen LogP contribution in [-0.4, -0.2) is 44.7 Å². The first kappa shape index (κ1) is 24.2. The van der Waals surface area contributed by atoms with Crippen molar-refractivity contribution in [2.75, 3.05) is 32.8 Å². The Morgan fingerprint density at radius 2 is 1.84 bits per heavy atom. The Hall–Kier alpha value is -3.06. The molecular weight excluding hydrogens is 392 g/mol. The molecule has 0 saturated carbocycles. The summed E-state index contributed by atoms with van der Waals surface area (Å²) >= 11 is 0. The van der Waals surface area contributed by atoms with E-state index in [2.05, 4.69) is 34.7 Å². The van der Waals surface area contributed by atoms with Crippen LogP contribution in [0, 0.1) is 0 Å². The normalized spacial score (nSPS) is 12.3. The van der Waals surface area contributed by atoms with Crippen LogP contribution in [0.1, 0.15) is 37.5 Å². The molecule has 1 atom stereocenters. The van der Waals surface area contributed by atoms with Crippen molar-refractivity contribution < 1.29 is 14.3 Å². The zero-order chi connectivity index (χ0) is 22.3. The molecule has 0 bridgehead atoms. The second-order valence-electron chi connectivity index (χ2n) is 7.11. The average Bonchev–Trinajstić information content (AvgIpc) is 2.78. The number of ether oxygens (including phenoxy) is 2. The first-order valence-corrected chi connectivity index (χ1v) is 10.8. The minimum atomic E-state index is -0.485. The van der Waals surface area contributed by atoms with Crippen molar-refractivity contribution in [1.82, 2.24) is 10.6 Å². The van der Waals surface area contributed by atoms with Crippen LogP contribution >= 0.6 is 0 Å². The monoisotopic (exact) mass is 426 g/mol. The van der Waals surface area contributed by atoms with Crippen LogP contribution in [0.3, 0.4) is 0 Å². The molecule has 0 spiro atoms. The van der Waals surface area contributed by atoms with Crippen molar-refractivity contribution in [2.45, 2.75) is 32.8 Å². The Labute approximate surface area is 185 Å². The van der Waals surface area contributed by atoms with Gasteiger partial charge in [0.1, 0.15) is 5.75 Å². The maximum absolute atomic E-state index is 10.8. The molecule has 0 aliphatic heterocycles. The van der Waals surface area contributed by atoms with Gasteiger partial charge in [0, 0.05) is 26.2 Å². The van der Waals surface area contributed by atoms with Crippen molar-refractivity contribution in [3.63, 3.8) is 0 Å². The van der Waals surface area contributed by atoms with Crippen LogP contribution in [-0.2, 0) is 16.0 Å². The Morgan fingerprint density at radius 3 is 2.52 bits per heavy atom. The van der Waals surface area contributed by atoms with Gasteiger partial charge in [-0.1, -0.05) is 42.5 Å². The summed E-state index contributed by atoms with van der Waals surface area (Å²) in [4.78, 5) is 15.4. The summed E-state index contributed by atoms with van der Waals surface area (Å²) in [6.07, 6.45) is 1.79. The zero-order valence-electron chi connectivity index (χ0n) is 18.5. The van der Waals surface area contributed by atoms with E-state index in [1.54, 1.807) is 0 Å². The van der Waals surface area contributed by atoms with Gasteiger partial charge in [0.05, 0.1) is 6.10 Å². The number of rotatable bonds is 13. The molecular formula is C24H34N4O3. The number of hydrogen-bond acceptors (Lipinski definition) is 4. The van der Waals surface area contributed by atoms with E-state index in [-0.39, 0.29) is 12.7 Å². The standard InChI is InChI=1S/C24H34N4O3/c1-3-26-24(27-15-7-17-30-19(2)21-8-5-4-6-9-21)28-16-14-20-10-12-22(13-11-20)31-18-23(25)29/h4-6,8-13,19H,3,7,14-18H2,1-2H3,(H2,25,29)(H2,26,27,28). The largest absolute Gasteiger partial charge is 0.484 e. The van der Waals surface area contributed by atoms with Gasteiger partial charge in [-0.2, -0.15) is 0 Å². The highest BCUT2D eigenvalue weighted by Crippen LogP contribution is 2.15. The van der Waals surface area contributed by atoms with Crippen LogP contribution in [0.25, 0.3) is 0 Å². The van der Waals surface area contributed by atoms with E-state index in [0.29, 0.717) is 18.9 Å². The van der Waals surface area contributed by atoms with Gasteiger partial charge < -0.3 is 25.8 Å². The van der Waals surface area contributed by atoms with Crippen LogP contribution in [0.4, 0.5) is 0 Å². The first-order chi connectivity index (χ1) is 15.1. The van der Waals surface area contributed by atoms with E-state index in [9.17, 15) is 4.79 Å². The fourth-order valence-electron chi connectivity index (χ4n) is 2.91. The number of aliphatic imine (C=N–C) groups is 1. The SMILES string of the molecule is CCNC(=NCCCOC(C)c1ccccc1)NCCc1ccc(OCC(N)=O)cc1. The van der Waals surface area contributed by atoms with Gasteiger partial charge in [-0.25, -0.2) is 0 Å². The van der Waals surface area contributed by atoms with E-state index in [1.807, 2.05) is 49.4 Å². The summed E-state index contributed by atoms with van der Waals surface area (Å²) in [6.45, 7) is 6.94. The van der Waals surface area contributed by atoms with Gasteiger partial charge in [-0.15, -0.1) is 0 Å². The van der Waals surface area contributed by atoms with Gasteiger partial charge in [0.15, 0.2) is 12.6 Å². The number of primary amides is 1. The number of nitrogens with zero attached hydrogens (tertiary/aromatic N) is 1. The summed E-state index contributed by atoms with van der Waals surface area (Å²) in [5.74, 6) is 0.954. The molecule has 7 nitrogen and oxygen atoms in total. The molecule has 2 aromatic carbocycles. The third kappa shape index (κ3) is 10.00. The lowest BCUT2D eigenvalue weighted by Gasteiger charge is -2.14. The van der Waals surface area contributed by atoms with Crippen molar-refractivity contribution in [2.24, 2.45) is 10.7 Å². The molecule has 1 amide bonds. The van der Waals surface area contributed by atoms with E-state index >= 15 is 0 Å². The molecule has 168 valence electrons. The smallest absolute Gasteiger partial charge is 0.255 e. The molecule has 4 N–H and O–H groups in total. The molecule has 0 aliphatic carbocycles. The second-order valence-corrected chi connectivity index (χ2v) is 7.11. The molecule has 0 radical (unpaired) electrons. The first-order valence-electron chi connectivity index (χ1n) is 10.8. The topological polar surface area (TPSA) is 98.0 Å². The molecule has 0 aromatic heterocycles. The Morgan fingerprint density at radius 1 is 1.10 bits per heavy atom. The molecule has 2 rings (SSSR count). The van der Waals surface area contributed by atoms with E-state index in [0.717, 1.165) is 37.5 Å². The van der Waals surface area contributed by atoms with E-state index in [4.69, 9.17) is 15.2 Å². The van der Waals surface area contributed by atoms with Crippen LogP contribution in [0.5, 0.6) is 5.75 Å². The number of hydrogen-bond donors (Lipinski definition) is 3. The summed E-state index contributed by atoms with van der Waals surface area (Å²) in [5.41, 5.74) is 7.43. The maximum atomic E-state index is 10.8. The van der Waals surface area contributed by atoms with Crippen LogP contribution in [0.15, 0.2) is 59.6 Å². The minimum Gasteiger partial charge on any atom is -0.484 e. The quantitative estimate of drug-likeness (QED) is 0.260. The second kappa shape index (κ2) is 14.0. The number of carbonyl (C=O) groups excluding carboxylic acids is 1. The Balaban J connectivity index is 1.68. The van der Waals surface area contributed by atoms with E-state index in [1.165, 1.54) is 5.56 Å². The highest BCUT2D eigenvalue weighted by atomic mass is 16.5. The minimum absolute atomic E-state index is 0.0872. The number of carbonyl (C=O) groups is 1. The summed E-state index contributed by atoms with van der Waals surface area (Å²) in [5, 5.41) is 6.62. The molecule has 31 heavy (non-hydrogen) atoms. The summed E-state index contributed by atoms with van der Waals surface area (Å²) in [6, 6.07) is 17.9. The molecule has 2 aromatic rings. The lowest BCUT2D eigenvalue weighted by Crippen LogP contribution is -2.38. The molecule has 7 heteroatoms. The van der Waals surface area contributed by atoms with Gasteiger partial charge in [-0.05, 0) is 49.9 Å². The van der Waals surface area contributed by atoms with Crippen molar-refractivity contribution >= 4 is 11.9 Å². The van der Waals surface area contributed by atoms with Crippen LogP contribution in [0.2, 0.25) is 0 Å². The number of guanidine groups is 1. The van der Waals surface area contributed by atoms with Gasteiger partial charge in [-0.3, -0.25) is 9.79 Å². The predicted octanol–water partition coefficient (Wildman–Crippen LogP) is 2.82. The third-order valence-electron chi connectivity index (χ3n) is 4.56. The number of benzene rings is 2. The fraction of sp³-hybridized carbons (Fsp3) is 0.417. The third-order valence-corrected chi connectivity index (χ3v) is 4.56. The van der Waals surface area contributed by atoms with Gasteiger partial charge in [0.2, 0.25) is 0 Å². The predicted molar refractivity (Wildman–Crippen MR) is 124 cm³/mol. The highest BCUT2D eigenvalue weighted by Gasteiger charge is 2.04. The zero-order valence-corrected chi connectivity index (χ0v) is 18.5. The highest BCUT2D eigenvalue weighted by molar-refractivity contribution is 5.79. The number of nitrogens with two attached hydrogens (primary N) is 1. The Bertz CT molecular complexity index is 794. The lowest BCUT2D eigenvalue weighted by atomic mass is 10.1. The maximum Gasteiger partial charge on any atom is 0.255 e. The van der Waals surface area contributed by atoms with Crippen LogP contribution < -0.4 is 21.1 Å². The van der Waals surface area contributed by atoms with Gasteiger partial charge in [0.25, 0.3) is 5.91 Å². The Kier molecular flexibility index (Phi) is 11.0.